The minimum atomic E-state index is 0.273. The van der Waals surface area contributed by atoms with Gasteiger partial charge in [-0.3, -0.25) is 4.79 Å². The Labute approximate surface area is 91.2 Å². The summed E-state index contributed by atoms with van der Waals surface area (Å²) in [5.41, 5.74) is 0. The second-order valence-corrected chi connectivity index (χ2v) is 5.47. The van der Waals surface area contributed by atoms with Crippen LogP contribution in [0.25, 0.3) is 0 Å². The average Bonchev–Trinajstić information content (AvgIpc) is 2.95. The van der Waals surface area contributed by atoms with Crippen molar-refractivity contribution in [2.45, 2.75) is 31.7 Å². The maximum Gasteiger partial charge on any atom is 0.228 e. The molecule has 3 nitrogen and oxygen atoms in total. The van der Waals surface area contributed by atoms with Gasteiger partial charge in [0.1, 0.15) is 0 Å². The minimum absolute atomic E-state index is 0.273. The maximum atomic E-state index is 12.1. The first-order valence-electron chi connectivity index (χ1n) is 6.25. The van der Waals surface area contributed by atoms with E-state index in [1.54, 1.807) is 0 Å². The molecule has 2 saturated carbocycles. The van der Waals surface area contributed by atoms with Gasteiger partial charge < -0.3 is 10.2 Å². The van der Waals surface area contributed by atoms with Crippen LogP contribution in [0.2, 0.25) is 0 Å². The summed E-state index contributed by atoms with van der Waals surface area (Å²) in [5, 5.41) is 3.18. The third-order valence-electron chi connectivity index (χ3n) is 4.14. The van der Waals surface area contributed by atoms with Gasteiger partial charge in [0, 0.05) is 26.2 Å². The first-order valence-corrected chi connectivity index (χ1v) is 6.25. The summed E-state index contributed by atoms with van der Waals surface area (Å²) in [6.07, 6.45) is 5.40. The Morgan fingerprint density at radius 1 is 1.20 bits per heavy atom. The molecule has 0 aromatic heterocycles. The molecule has 0 radical (unpaired) electrons. The fourth-order valence-corrected chi connectivity index (χ4v) is 2.79. The second-order valence-electron chi connectivity index (χ2n) is 5.47. The molecule has 0 spiro atoms. The highest BCUT2D eigenvalue weighted by Crippen LogP contribution is 2.47. The zero-order valence-corrected chi connectivity index (χ0v) is 9.41. The van der Waals surface area contributed by atoms with Crippen LogP contribution in [0, 0.1) is 17.8 Å². The SMILES string of the molecule is CN(C(=O)C1CNC1)C(C1CC1)C1CC1. The van der Waals surface area contributed by atoms with E-state index in [-0.39, 0.29) is 5.92 Å². The van der Waals surface area contributed by atoms with E-state index < -0.39 is 0 Å². The number of carbonyl (C=O) groups excluding carboxylic acids is 1. The molecule has 0 aromatic rings. The van der Waals surface area contributed by atoms with Crippen LogP contribution < -0.4 is 5.32 Å². The van der Waals surface area contributed by atoms with Crippen molar-refractivity contribution in [2.24, 2.45) is 17.8 Å². The summed E-state index contributed by atoms with van der Waals surface area (Å²) in [4.78, 5) is 14.2. The summed E-state index contributed by atoms with van der Waals surface area (Å²) in [5.74, 6) is 2.33. The number of amides is 1. The van der Waals surface area contributed by atoms with Gasteiger partial charge in [-0.15, -0.1) is 0 Å². The van der Waals surface area contributed by atoms with Crippen molar-refractivity contribution in [3.63, 3.8) is 0 Å². The fourth-order valence-electron chi connectivity index (χ4n) is 2.79. The highest BCUT2D eigenvalue weighted by atomic mass is 16.2. The van der Waals surface area contributed by atoms with Gasteiger partial charge in [0.2, 0.25) is 5.91 Å². The molecule has 1 aliphatic heterocycles. The molecule has 1 amide bonds. The molecule has 1 saturated heterocycles. The smallest absolute Gasteiger partial charge is 0.228 e. The predicted octanol–water partition coefficient (Wildman–Crippen LogP) is 0.853. The standard InChI is InChI=1S/C12H20N2O/c1-14(12(15)10-6-13-7-10)11(8-2-3-8)9-4-5-9/h8-11,13H,2-7H2,1H3. The molecule has 3 heteroatoms. The lowest BCUT2D eigenvalue weighted by atomic mass is 9.98. The molecule has 0 atom stereocenters. The zero-order chi connectivity index (χ0) is 10.4. The molecule has 3 aliphatic rings. The van der Waals surface area contributed by atoms with Crippen LogP contribution >= 0.6 is 0 Å². The lowest BCUT2D eigenvalue weighted by molar-refractivity contribution is -0.138. The van der Waals surface area contributed by atoms with Gasteiger partial charge in [-0.25, -0.2) is 0 Å². The van der Waals surface area contributed by atoms with Crippen molar-refractivity contribution in [1.29, 1.82) is 0 Å². The highest BCUT2D eigenvalue weighted by Gasteiger charge is 2.46. The van der Waals surface area contributed by atoms with E-state index in [1.165, 1.54) is 25.7 Å². The molecule has 1 N–H and O–H groups in total. The van der Waals surface area contributed by atoms with E-state index in [2.05, 4.69) is 10.2 Å². The molecule has 3 fully saturated rings. The number of nitrogens with one attached hydrogen (secondary N) is 1. The Hall–Kier alpha value is -0.570. The van der Waals surface area contributed by atoms with Gasteiger partial charge in [-0.2, -0.15) is 0 Å². The van der Waals surface area contributed by atoms with E-state index in [4.69, 9.17) is 0 Å². The van der Waals surface area contributed by atoms with Crippen LogP contribution in [0.5, 0.6) is 0 Å². The van der Waals surface area contributed by atoms with Crippen LogP contribution in [0.4, 0.5) is 0 Å². The van der Waals surface area contributed by atoms with Gasteiger partial charge in [0.05, 0.1) is 5.92 Å². The van der Waals surface area contributed by atoms with Crippen LogP contribution in [0.1, 0.15) is 25.7 Å². The average molecular weight is 208 g/mol. The van der Waals surface area contributed by atoms with Crippen molar-refractivity contribution in [3.05, 3.63) is 0 Å². The summed E-state index contributed by atoms with van der Waals surface area (Å²) >= 11 is 0. The summed E-state index contributed by atoms with van der Waals surface area (Å²) in [6, 6.07) is 0.582. The summed E-state index contributed by atoms with van der Waals surface area (Å²) in [6.45, 7) is 1.79. The van der Waals surface area contributed by atoms with Crippen LogP contribution in [-0.2, 0) is 4.79 Å². The quantitative estimate of drug-likeness (QED) is 0.743. The van der Waals surface area contributed by atoms with Crippen LogP contribution in [0.15, 0.2) is 0 Å². The topological polar surface area (TPSA) is 32.3 Å². The second kappa shape index (κ2) is 3.48. The van der Waals surface area contributed by atoms with Crippen LogP contribution in [-0.4, -0.2) is 37.0 Å². The van der Waals surface area contributed by atoms with Crippen LogP contribution in [0.3, 0.4) is 0 Å². The summed E-state index contributed by atoms with van der Waals surface area (Å²) in [7, 11) is 2.03. The maximum absolute atomic E-state index is 12.1. The van der Waals surface area contributed by atoms with Crippen molar-refractivity contribution in [3.8, 4) is 0 Å². The first-order chi connectivity index (χ1) is 7.27. The van der Waals surface area contributed by atoms with Gasteiger partial charge in [0.25, 0.3) is 0 Å². The van der Waals surface area contributed by atoms with E-state index in [1.807, 2.05) is 7.05 Å². The zero-order valence-electron chi connectivity index (χ0n) is 9.41. The predicted molar refractivity (Wildman–Crippen MR) is 58.4 cm³/mol. The van der Waals surface area contributed by atoms with Crippen molar-refractivity contribution < 1.29 is 4.79 Å². The highest BCUT2D eigenvalue weighted by molar-refractivity contribution is 5.80. The number of nitrogens with zero attached hydrogens (tertiary/aromatic N) is 1. The Bertz CT molecular complexity index is 255. The normalized spacial score (nSPS) is 26.5. The van der Waals surface area contributed by atoms with Gasteiger partial charge in [0.15, 0.2) is 0 Å². The van der Waals surface area contributed by atoms with Crippen molar-refractivity contribution in [2.75, 3.05) is 20.1 Å². The third kappa shape index (κ3) is 1.78. The number of hydrogen-bond acceptors (Lipinski definition) is 2. The van der Waals surface area contributed by atoms with E-state index in [9.17, 15) is 4.79 Å². The van der Waals surface area contributed by atoms with Gasteiger partial charge >= 0.3 is 0 Å². The Morgan fingerprint density at radius 3 is 2.07 bits per heavy atom. The van der Waals surface area contributed by atoms with E-state index >= 15 is 0 Å². The largest absolute Gasteiger partial charge is 0.342 e. The molecule has 84 valence electrons. The lowest BCUT2D eigenvalue weighted by Gasteiger charge is -2.35. The van der Waals surface area contributed by atoms with Gasteiger partial charge in [-0.1, -0.05) is 0 Å². The molecule has 15 heavy (non-hydrogen) atoms. The first kappa shape index (κ1) is 9.64. The van der Waals surface area contributed by atoms with E-state index in [0.717, 1.165) is 24.9 Å². The van der Waals surface area contributed by atoms with Crippen molar-refractivity contribution in [1.82, 2.24) is 10.2 Å². The molecular weight excluding hydrogens is 188 g/mol. The molecule has 0 bridgehead atoms. The Morgan fingerprint density at radius 2 is 1.73 bits per heavy atom. The van der Waals surface area contributed by atoms with Crippen molar-refractivity contribution >= 4 is 5.91 Å². The molecule has 2 aliphatic carbocycles. The lowest BCUT2D eigenvalue weighted by Crippen LogP contribution is -2.54. The number of hydrogen-bond donors (Lipinski definition) is 1. The number of carbonyl (C=O) groups is 1. The summed E-state index contributed by atoms with van der Waals surface area (Å²) < 4.78 is 0. The van der Waals surface area contributed by atoms with Gasteiger partial charge in [-0.05, 0) is 37.5 Å². The molecule has 0 aromatic carbocycles. The molecule has 0 unspecified atom stereocenters. The minimum Gasteiger partial charge on any atom is -0.342 e. The Balaban J connectivity index is 1.64. The number of rotatable bonds is 4. The molecule has 1 heterocycles. The Kier molecular flexibility index (Phi) is 2.23. The van der Waals surface area contributed by atoms with E-state index in [0.29, 0.717) is 11.9 Å². The third-order valence-corrected chi connectivity index (χ3v) is 4.14. The monoisotopic (exact) mass is 208 g/mol. The fraction of sp³-hybridized carbons (Fsp3) is 0.917. The molecule has 3 rings (SSSR count). The molecular formula is C12H20N2O.